The van der Waals surface area contributed by atoms with Crippen molar-refractivity contribution in [3.8, 4) is 0 Å². The summed E-state index contributed by atoms with van der Waals surface area (Å²) in [7, 11) is 0. The molecular weight excluding hydrogens is 190 g/mol. The molecule has 0 fully saturated rings. The van der Waals surface area contributed by atoms with Crippen LogP contribution >= 0.6 is 11.8 Å². The van der Waals surface area contributed by atoms with Gasteiger partial charge in [-0.05, 0) is 37.5 Å². The Bertz CT molecular complexity index is 129. The highest BCUT2D eigenvalue weighted by Gasteiger charge is 2.14. The van der Waals surface area contributed by atoms with Crippen molar-refractivity contribution in [3.05, 3.63) is 0 Å². The van der Waals surface area contributed by atoms with Crippen molar-refractivity contribution in [3.63, 3.8) is 0 Å². The minimum absolute atomic E-state index is 0.477. The average Bonchev–Trinajstić information content (AvgIpc) is 2.08. The number of hydrogen-bond acceptors (Lipinski definition) is 2. The molecule has 0 aromatic carbocycles. The molecule has 0 aliphatic rings. The van der Waals surface area contributed by atoms with Gasteiger partial charge in [-0.15, -0.1) is 0 Å². The molecule has 0 bridgehead atoms. The maximum Gasteiger partial charge on any atom is 0.0158 e. The number of nitrogens with one attached hydrogen (secondary N) is 1. The zero-order chi connectivity index (χ0) is 11.0. The summed E-state index contributed by atoms with van der Waals surface area (Å²) >= 11 is 1.95. The minimum atomic E-state index is 0.477. The van der Waals surface area contributed by atoms with Crippen LogP contribution in [0.4, 0.5) is 0 Å². The van der Waals surface area contributed by atoms with Gasteiger partial charge in [-0.25, -0.2) is 0 Å². The van der Waals surface area contributed by atoms with E-state index in [4.69, 9.17) is 0 Å². The number of rotatable bonds is 7. The van der Waals surface area contributed by atoms with Gasteiger partial charge in [0.1, 0.15) is 0 Å². The smallest absolute Gasteiger partial charge is 0.0158 e. The molecule has 1 N–H and O–H groups in total. The lowest BCUT2D eigenvalue weighted by atomic mass is 9.89. The maximum atomic E-state index is 3.62. The fourth-order valence-corrected chi connectivity index (χ4v) is 2.09. The van der Waals surface area contributed by atoms with Crippen LogP contribution in [0.5, 0.6) is 0 Å². The molecule has 0 heterocycles. The first-order chi connectivity index (χ1) is 6.49. The predicted molar refractivity (Wildman–Crippen MR) is 69.2 cm³/mol. The second-order valence-electron chi connectivity index (χ2n) is 5.21. The molecular formula is C12H27NS. The lowest BCUT2D eigenvalue weighted by Crippen LogP contribution is -2.32. The van der Waals surface area contributed by atoms with Gasteiger partial charge in [0, 0.05) is 11.8 Å². The molecule has 1 nitrogen and oxygen atoms in total. The van der Waals surface area contributed by atoms with Crippen molar-refractivity contribution in [1.82, 2.24) is 5.32 Å². The zero-order valence-corrected chi connectivity index (χ0v) is 11.3. The third-order valence-corrected chi connectivity index (χ3v) is 3.03. The van der Waals surface area contributed by atoms with Crippen molar-refractivity contribution in [2.24, 2.45) is 5.41 Å². The Hall–Kier alpha value is 0.310. The van der Waals surface area contributed by atoms with E-state index in [1.807, 2.05) is 11.8 Å². The van der Waals surface area contributed by atoms with Crippen molar-refractivity contribution in [2.75, 3.05) is 18.6 Å². The van der Waals surface area contributed by atoms with Gasteiger partial charge < -0.3 is 5.32 Å². The van der Waals surface area contributed by atoms with Crippen molar-refractivity contribution < 1.29 is 0 Å². The van der Waals surface area contributed by atoms with E-state index < -0.39 is 0 Å². The first-order valence-corrected chi connectivity index (χ1v) is 7.11. The fourth-order valence-electron chi connectivity index (χ4n) is 1.40. The molecule has 0 saturated carbocycles. The van der Waals surface area contributed by atoms with E-state index in [1.165, 1.54) is 25.0 Å². The Balaban J connectivity index is 3.72. The van der Waals surface area contributed by atoms with Crippen LogP contribution < -0.4 is 5.32 Å². The first-order valence-electron chi connectivity index (χ1n) is 5.72. The predicted octanol–water partition coefficient (Wildman–Crippen LogP) is 3.54. The van der Waals surface area contributed by atoms with Crippen molar-refractivity contribution in [1.29, 1.82) is 0 Å². The largest absolute Gasteiger partial charge is 0.313 e. The van der Waals surface area contributed by atoms with Crippen LogP contribution in [0.15, 0.2) is 0 Å². The highest BCUT2D eigenvalue weighted by molar-refractivity contribution is 7.98. The summed E-state index contributed by atoms with van der Waals surface area (Å²) in [4.78, 5) is 0. The van der Waals surface area contributed by atoms with E-state index in [0.717, 1.165) is 6.54 Å². The molecule has 14 heavy (non-hydrogen) atoms. The van der Waals surface area contributed by atoms with Gasteiger partial charge in [-0.3, -0.25) is 0 Å². The minimum Gasteiger partial charge on any atom is -0.313 e. The van der Waals surface area contributed by atoms with Crippen LogP contribution in [0.25, 0.3) is 0 Å². The lowest BCUT2D eigenvalue weighted by Gasteiger charge is -2.23. The van der Waals surface area contributed by atoms with Crippen LogP contribution in [0, 0.1) is 5.41 Å². The molecule has 0 aromatic rings. The molecule has 0 radical (unpaired) electrons. The third kappa shape index (κ3) is 8.89. The van der Waals surface area contributed by atoms with E-state index in [1.54, 1.807) is 0 Å². The molecule has 0 aromatic heterocycles. The van der Waals surface area contributed by atoms with Crippen molar-refractivity contribution in [2.45, 2.75) is 53.0 Å². The number of thioether (sulfide) groups is 1. The summed E-state index contributed by atoms with van der Waals surface area (Å²) in [6, 6.07) is 0.712. The van der Waals surface area contributed by atoms with Gasteiger partial charge in [-0.2, -0.15) is 11.8 Å². The maximum absolute atomic E-state index is 3.62. The van der Waals surface area contributed by atoms with Crippen LogP contribution in [0.3, 0.4) is 0 Å². The standard InChI is InChI=1S/C12H27NS/c1-6-9-13-11(10-14-5)7-8-12(2,3)4/h11,13H,6-10H2,1-5H3. The molecule has 0 saturated heterocycles. The monoisotopic (exact) mass is 217 g/mol. The SMILES string of the molecule is CCCNC(CCC(C)(C)C)CSC. The topological polar surface area (TPSA) is 12.0 Å². The molecule has 1 unspecified atom stereocenters. The molecule has 2 heteroatoms. The summed E-state index contributed by atoms with van der Waals surface area (Å²) in [5.41, 5.74) is 0.477. The fraction of sp³-hybridized carbons (Fsp3) is 1.00. The summed E-state index contributed by atoms with van der Waals surface area (Å²) in [6.45, 7) is 10.4. The molecule has 0 aliphatic heterocycles. The van der Waals surface area contributed by atoms with Crippen molar-refractivity contribution >= 4 is 11.8 Å². The van der Waals surface area contributed by atoms with Gasteiger partial charge in [0.05, 0.1) is 0 Å². The molecule has 1 atom stereocenters. The molecule has 86 valence electrons. The van der Waals surface area contributed by atoms with Crippen LogP contribution in [-0.4, -0.2) is 24.6 Å². The highest BCUT2D eigenvalue weighted by atomic mass is 32.2. The van der Waals surface area contributed by atoms with E-state index in [0.29, 0.717) is 11.5 Å². The Kier molecular flexibility index (Phi) is 7.75. The second kappa shape index (κ2) is 7.58. The van der Waals surface area contributed by atoms with Gasteiger partial charge >= 0.3 is 0 Å². The highest BCUT2D eigenvalue weighted by Crippen LogP contribution is 2.22. The van der Waals surface area contributed by atoms with Gasteiger partial charge in [0.15, 0.2) is 0 Å². The molecule has 0 rings (SSSR count). The van der Waals surface area contributed by atoms with Gasteiger partial charge in [-0.1, -0.05) is 27.7 Å². The van der Waals surface area contributed by atoms with E-state index in [9.17, 15) is 0 Å². The summed E-state index contributed by atoms with van der Waals surface area (Å²) in [5, 5.41) is 3.62. The summed E-state index contributed by atoms with van der Waals surface area (Å²) < 4.78 is 0. The molecule has 0 spiro atoms. The summed E-state index contributed by atoms with van der Waals surface area (Å²) in [6.07, 6.45) is 6.05. The second-order valence-corrected chi connectivity index (χ2v) is 6.12. The van der Waals surface area contributed by atoms with E-state index in [2.05, 4.69) is 39.3 Å². The van der Waals surface area contributed by atoms with Crippen LogP contribution in [0.1, 0.15) is 47.0 Å². The van der Waals surface area contributed by atoms with Crippen LogP contribution in [-0.2, 0) is 0 Å². The van der Waals surface area contributed by atoms with Crippen LogP contribution in [0.2, 0.25) is 0 Å². The molecule has 0 aliphatic carbocycles. The Morgan fingerprint density at radius 1 is 1.29 bits per heavy atom. The molecule has 0 amide bonds. The third-order valence-electron chi connectivity index (χ3n) is 2.29. The number of hydrogen-bond donors (Lipinski definition) is 1. The zero-order valence-electron chi connectivity index (χ0n) is 10.5. The Morgan fingerprint density at radius 3 is 2.36 bits per heavy atom. The normalized spacial score (nSPS) is 14.4. The summed E-state index contributed by atoms with van der Waals surface area (Å²) in [5.74, 6) is 1.25. The Morgan fingerprint density at radius 2 is 1.93 bits per heavy atom. The van der Waals surface area contributed by atoms with E-state index >= 15 is 0 Å². The lowest BCUT2D eigenvalue weighted by molar-refractivity contribution is 0.338. The van der Waals surface area contributed by atoms with Gasteiger partial charge in [0.2, 0.25) is 0 Å². The van der Waals surface area contributed by atoms with Gasteiger partial charge in [0.25, 0.3) is 0 Å². The van der Waals surface area contributed by atoms with E-state index in [-0.39, 0.29) is 0 Å². The average molecular weight is 217 g/mol. The quantitative estimate of drug-likeness (QED) is 0.700. The Labute approximate surface area is 94.4 Å². The first kappa shape index (κ1) is 14.3.